The highest BCUT2D eigenvalue weighted by molar-refractivity contribution is 5.72. The van der Waals surface area contributed by atoms with Crippen molar-refractivity contribution in [1.82, 2.24) is 19.9 Å². The van der Waals surface area contributed by atoms with Crippen LogP contribution in [0.15, 0.2) is 72.9 Å². The Morgan fingerprint density at radius 3 is 2.35 bits per heavy atom. The lowest BCUT2D eigenvalue weighted by molar-refractivity contribution is -0.142. The van der Waals surface area contributed by atoms with E-state index in [1.165, 1.54) is 13.2 Å². The Morgan fingerprint density at radius 1 is 0.903 bits per heavy atom. The number of carbonyl (C=O) groups is 1. The largest absolute Gasteiger partial charge is 0.507 e. The summed E-state index contributed by atoms with van der Waals surface area (Å²) in [6.07, 6.45) is 1.66. The smallest absolute Gasteiger partial charge is 0.343 e. The van der Waals surface area contributed by atoms with E-state index in [0.717, 1.165) is 5.56 Å². The Balaban J connectivity index is 1.76. The van der Waals surface area contributed by atoms with E-state index in [9.17, 15) is 9.90 Å². The summed E-state index contributed by atoms with van der Waals surface area (Å²) in [4.78, 5) is 29.2. The third-order valence-electron chi connectivity index (χ3n) is 4.36. The molecule has 0 aliphatic rings. The Kier molecular flexibility index (Phi) is 5.79. The molecule has 4 aromatic rings. The number of phenols is 1. The number of ether oxygens (including phenoxy) is 2. The highest BCUT2D eigenvalue weighted by atomic mass is 16.6. The second kappa shape index (κ2) is 9.00. The fourth-order valence-corrected chi connectivity index (χ4v) is 2.81. The quantitative estimate of drug-likeness (QED) is 0.478. The van der Waals surface area contributed by atoms with Gasteiger partial charge in [0.25, 0.3) is 0 Å². The Hall–Kier alpha value is -4.33. The summed E-state index contributed by atoms with van der Waals surface area (Å²) in [6.45, 7) is -0.261. The van der Waals surface area contributed by atoms with Crippen molar-refractivity contribution in [2.45, 2.75) is 0 Å². The molecule has 8 heteroatoms. The molecule has 0 atom stereocenters. The van der Waals surface area contributed by atoms with Crippen LogP contribution in [-0.2, 0) is 9.53 Å². The molecule has 0 amide bonds. The van der Waals surface area contributed by atoms with Gasteiger partial charge in [0, 0.05) is 17.8 Å². The normalized spacial score (nSPS) is 10.5. The second-order valence-corrected chi connectivity index (χ2v) is 6.43. The molecule has 2 aromatic carbocycles. The average Bonchev–Trinajstić information content (AvgIpc) is 2.83. The molecule has 0 spiro atoms. The van der Waals surface area contributed by atoms with Gasteiger partial charge in [0.05, 0.1) is 12.7 Å². The van der Waals surface area contributed by atoms with Crippen molar-refractivity contribution in [2.24, 2.45) is 0 Å². The van der Waals surface area contributed by atoms with E-state index in [4.69, 9.17) is 4.74 Å². The van der Waals surface area contributed by atoms with E-state index in [0.29, 0.717) is 28.7 Å². The van der Waals surface area contributed by atoms with E-state index < -0.39 is 5.97 Å². The summed E-state index contributed by atoms with van der Waals surface area (Å²) in [5.74, 6) is 0.820. The Labute approximate surface area is 178 Å². The van der Waals surface area contributed by atoms with Crippen LogP contribution >= 0.6 is 0 Å². The predicted molar refractivity (Wildman–Crippen MR) is 113 cm³/mol. The third-order valence-corrected chi connectivity index (χ3v) is 4.36. The Morgan fingerprint density at radius 2 is 1.65 bits per heavy atom. The minimum absolute atomic E-state index is 0.0976. The first-order chi connectivity index (χ1) is 15.1. The average molecular weight is 414 g/mol. The highest BCUT2D eigenvalue weighted by Crippen LogP contribution is 2.32. The summed E-state index contributed by atoms with van der Waals surface area (Å²) < 4.78 is 9.87. The molecule has 0 aliphatic heterocycles. The summed E-state index contributed by atoms with van der Waals surface area (Å²) in [5, 5.41) is 10.6. The van der Waals surface area contributed by atoms with Gasteiger partial charge in [-0.3, -0.25) is 4.98 Å². The van der Waals surface area contributed by atoms with E-state index in [1.807, 2.05) is 42.5 Å². The Bertz CT molecular complexity index is 1140. The molecule has 0 saturated carbocycles. The summed E-state index contributed by atoms with van der Waals surface area (Å²) in [6, 6.07) is 19.6. The molecule has 2 aromatic heterocycles. The van der Waals surface area contributed by atoms with Gasteiger partial charge in [-0.2, -0.15) is 0 Å². The number of hydrogen-bond donors (Lipinski definition) is 1. The molecule has 0 saturated heterocycles. The van der Waals surface area contributed by atoms with Crippen molar-refractivity contribution >= 4 is 5.97 Å². The van der Waals surface area contributed by atoms with Gasteiger partial charge in [-0.15, -0.1) is 0 Å². The standard InChI is InChI=1S/C23H18N4O4/c1-30-20(29)14-31-16-10-11-17(19(28)13-16)22-25-21(15-7-3-2-4-8-15)26-23(27-22)18-9-5-6-12-24-18/h2-13,28H,14H2,1H3. The fourth-order valence-electron chi connectivity index (χ4n) is 2.81. The summed E-state index contributed by atoms with van der Waals surface area (Å²) in [7, 11) is 1.27. The zero-order valence-corrected chi connectivity index (χ0v) is 16.6. The molecule has 154 valence electrons. The van der Waals surface area contributed by atoms with E-state index in [1.54, 1.807) is 24.4 Å². The number of benzene rings is 2. The molecule has 0 fully saturated rings. The van der Waals surface area contributed by atoms with Gasteiger partial charge in [0.15, 0.2) is 24.1 Å². The van der Waals surface area contributed by atoms with Crippen LogP contribution in [-0.4, -0.2) is 44.7 Å². The van der Waals surface area contributed by atoms with Crippen LogP contribution < -0.4 is 4.74 Å². The third kappa shape index (κ3) is 4.64. The van der Waals surface area contributed by atoms with Crippen LogP contribution in [0.25, 0.3) is 34.3 Å². The number of nitrogens with zero attached hydrogens (tertiary/aromatic N) is 4. The van der Waals surface area contributed by atoms with Gasteiger partial charge in [0.1, 0.15) is 17.2 Å². The maximum atomic E-state index is 11.3. The van der Waals surface area contributed by atoms with Gasteiger partial charge in [-0.25, -0.2) is 19.7 Å². The molecule has 1 N–H and O–H groups in total. The van der Waals surface area contributed by atoms with Crippen molar-refractivity contribution in [1.29, 1.82) is 0 Å². The lowest BCUT2D eigenvalue weighted by Crippen LogP contribution is -2.12. The summed E-state index contributed by atoms with van der Waals surface area (Å²) in [5.41, 5.74) is 1.78. The van der Waals surface area contributed by atoms with Gasteiger partial charge < -0.3 is 14.6 Å². The number of rotatable bonds is 6. The van der Waals surface area contributed by atoms with Crippen molar-refractivity contribution in [3.05, 3.63) is 72.9 Å². The van der Waals surface area contributed by atoms with Crippen molar-refractivity contribution in [2.75, 3.05) is 13.7 Å². The fraction of sp³-hybridized carbons (Fsp3) is 0.0870. The molecule has 0 bridgehead atoms. The number of hydrogen-bond acceptors (Lipinski definition) is 8. The van der Waals surface area contributed by atoms with Crippen molar-refractivity contribution < 1.29 is 19.4 Å². The van der Waals surface area contributed by atoms with Gasteiger partial charge >= 0.3 is 5.97 Å². The summed E-state index contributed by atoms with van der Waals surface area (Å²) >= 11 is 0. The van der Waals surface area contributed by atoms with Crippen molar-refractivity contribution in [3.63, 3.8) is 0 Å². The van der Waals surface area contributed by atoms with Gasteiger partial charge in [-0.1, -0.05) is 36.4 Å². The van der Waals surface area contributed by atoms with Crippen LogP contribution in [0.3, 0.4) is 0 Å². The predicted octanol–water partition coefficient (Wildman–Crippen LogP) is 3.53. The number of aromatic hydroxyl groups is 1. The molecule has 0 aliphatic carbocycles. The number of esters is 1. The molecular formula is C23H18N4O4. The number of methoxy groups -OCH3 is 1. The number of pyridine rings is 1. The molecule has 0 radical (unpaired) electrons. The van der Waals surface area contributed by atoms with E-state index in [-0.39, 0.29) is 18.2 Å². The lowest BCUT2D eigenvalue weighted by atomic mass is 10.1. The molecule has 2 heterocycles. The minimum atomic E-state index is -0.520. The molecule has 4 rings (SSSR count). The van der Waals surface area contributed by atoms with Crippen molar-refractivity contribution in [3.8, 4) is 45.8 Å². The minimum Gasteiger partial charge on any atom is -0.507 e. The zero-order valence-electron chi connectivity index (χ0n) is 16.6. The van der Waals surface area contributed by atoms with Crippen LogP contribution in [0, 0.1) is 0 Å². The number of phenolic OH excluding ortho intramolecular Hbond substituents is 1. The number of carbonyl (C=O) groups excluding carboxylic acids is 1. The molecular weight excluding hydrogens is 396 g/mol. The second-order valence-electron chi connectivity index (χ2n) is 6.43. The first-order valence-electron chi connectivity index (χ1n) is 9.40. The maximum Gasteiger partial charge on any atom is 0.343 e. The van der Waals surface area contributed by atoms with E-state index >= 15 is 0 Å². The topological polar surface area (TPSA) is 107 Å². The lowest BCUT2D eigenvalue weighted by Gasteiger charge is -2.10. The molecule has 8 nitrogen and oxygen atoms in total. The van der Waals surface area contributed by atoms with Crippen LogP contribution in [0.4, 0.5) is 0 Å². The molecule has 31 heavy (non-hydrogen) atoms. The van der Waals surface area contributed by atoms with Gasteiger partial charge in [0.2, 0.25) is 0 Å². The maximum absolute atomic E-state index is 11.3. The van der Waals surface area contributed by atoms with Crippen LogP contribution in [0.5, 0.6) is 11.5 Å². The SMILES string of the molecule is COC(=O)COc1ccc(-c2nc(-c3ccccc3)nc(-c3ccccn3)n2)c(O)c1. The van der Waals surface area contributed by atoms with Crippen LogP contribution in [0.2, 0.25) is 0 Å². The first kappa shape index (κ1) is 20.0. The molecule has 0 unspecified atom stereocenters. The first-order valence-corrected chi connectivity index (χ1v) is 9.40. The van der Waals surface area contributed by atoms with Crippen LogP contribution in [0.1, 0.15) is 0 Å². The van der Waals surface area contributed by atoms with Gasteiger partial charge in [-0.05, 0) is 24.3 Å². The zero-order chi connectivity index (χ0) is 21.6. The number of aromatic nitrogens is 4. The van der Waals surface area contributed by atoms with E-state index in [2.05, 4.69) is 24.7 Å². The highest BCUT2D eigenvalue weighted by Gasteiger charge is 2.16. The monoisotopic (exact) mass is 414 g/mol.